The van der Waals surface area contributed by atoms with E-state index in [1.54, 1.807) is 6.92 Å². The lowest BCUT2D eigenvalue weighted by atomic mass is 10.1. The molecule has 1 aromatic carbocycles. The number of amides is 2. The molecule has 1 unspecified atom stereocenters. The van der Waals surface area contributed by atoms with Crippen LogP contribution in [-0.2, 0) is 6.18 Å². The summed E-state index contributed by atoms with van der Waals surface area (Å²) in [5.41, 5.74) is 1.06. The highest BCUT2D eigenvalue weighted by Crippen LogP contribution is 2.30. The fourth-order valence-corrected chi connectivity index (χ4v) is 2.07. The first kappa shape index (κ1) is 15.2. The molecule has 9 heteroatoms. The van der Waals surface area contributed by atoms with E-state index >= 15 is 0 Å². The quantitative estimate of drug-likeness (QED) is 0.911. The Hall–Kier alpha value is -2.16. The van der Waals surface area contributed by atoms with Gasteiger partial charge >= 0.3 is 12.2 Å². The molecule has 5 nitrogen and oxygen atoms in total. The summed E-state index contributed by atoms with van der Waals surface area (Å²) in [6.45, 7) is 1.59. The fourth-order valence-electron chi connectivity index (χ4n) is 1.63. The van der Waals surface area contributed by atoms with Crippen LogP contribution in [0.15, 0.2) is 29.8 Å². The van der Waals surface area contributed by atoms with Crippen LogP contribution in [0.1, 0.15) is 24.1 Å². The van der Waals surface area contributed by atoms with Crippen LogP contribution >= 0.6 is 11.3 Å². The van der Waals surface area contributed by atoms with Crippen LogP contribution in [0.5, 0.6) is 0 Å². The molecule has 0 aliphatic heterocycles. The van der Waals surface area contributed by atoms with Gasteiger partial charge in [-0.15, -0.1) is 10.2 Å². The van der Waals surface area contributed by atoms with Gasteiger partial charge in [0, 0.05) is 0 Å². The zero-order valence-electron chi connectivity index (χ0n) is 10.8. The Balaban J connectivity index is 2.03. The van der Waals surface area contributed by atoms with Crippen molar-refractivity contribution in [2.75, 3.05) is 5.32 Å². The van der Waals surface area contributed by atoms with Crippen molar-refractivity contribution in [3.8, 4) is 0 Å². The predicted octanol–water partition coefficient (Wildman–Crippen LogP) is 3.44. The number of carbonyl (C=O) groups excluding carboxylic acids is 1. The largest absolute Gasteiger partial charge is 0.416 e. The maximum Gasteiger partial charge on any atom is 0.416 e. The zero-order chi connectivity index (χ0) is 15.5. The molecule has 0 bridgehead atoms. The number of nitrogens with zero attached hydrogens (tertiary/aromatic N) is 2. The van der Waals surface area contributed by atoms with Gasteiger partial charge in [0.05, 0.1) is 11.6 Å². The number of nitrogens with one attached hydrogen (secondary N) is 2. The van der Waals surface area contributed by atoms with E-state index in [9.17, 15) is 18.0 Å². The Morgan fingerprint density at radius 1 is 1.38 bits per heavy atom. The van der Waals surface area contributed by atoms with Gasteiger partial charge in [-0.05, 0) is 24.6 Å². The van der Waals surface area contributed by atoms with Gasteiger partial charge in [0.25, 0.3) is 0 Å². The molecule has 0 saturated carbocycles. The van der Waals surface area contributed by atoms with E-state index in [-0.39, 0.29) is 0 Å². The van der Waals surface area contributed by atoms with Crippen molar-refractivity contribution < 1.29 is 18.0 Å². The van der Waals surface area contributed by atoms with Gasteiger partial charge in [0.15, 0.2) is 0 Å². The lowest BCUT2D eigenvalue weighted by Crippen LogP contribution is -2.31. The highest BCUT2D eigenvalue weighted by atomic mass is 32.1. The van der Waals surface area contributed by atoms with E-state index in [2.05, 4.69) is 20.8 Å². The number of anilines is 1. The molecule has 2 aromatic rings. The molecule has 0 spiro atoms. The number of carbonyl (C=O) groups is 1. The van der Waals surface area contributed by atoms with E-state index in [0.29, 0.717) is 10.7 Å². The minimum atomic E-state index is -4.41. The topological polar surface area (TPSA) is 66.9 Å². The Morgan fingerprint density at radius 2 is 2.14 bits per heavy atom. The van der Waals surface area contributed by atoms with E-state index in [1.165, 1.54) is 17.6 Å². The van der Waals surface area contributed by atoms with E-state index in [4.69, 9.17) is 0 Å². The number of aromatic nitrogens is 2. The number of urea groups is 1. The third kappa shape index (κ3) is 4.15. The first-order valence-corrected chi connectivity index (χ1v) is 6.75. The lowest BCUT2D eigenvalue weighted by Gasteiger charge is -2.16. The van der Waals surface area contributed by atoms with Gasteiger partial charge in [-0.3, -0.25) is 5.32 Å². The molecule has 2 N–H and O–H groups in total. The molecule has 0 radical (unpaired) electrons. The van der Waals surface area contributed by atoms with E-state index < -0.39 is 23.8 Å². The fraction of sp³-hybridized carbons (Fsp3) is 0.250. The van der Waals surface area contributed by atoms with Crippen molar-refractivity contribution in [3.63, 3.8) is 0 Å². The van der Waals surface area contributed by atoms with Crippen LogP contribution in [0.3, 0.4) is 0 Å². The van der Waals surface area contributed by atoms with Gasteiger partial charge in [-0.2, -0.15) is 13.2 Å². The van der Waals surface area contributed by atoms with Crippen LogP contribution in [0.2, 0.25) is 0 Å². The summed E-state index contributed by atoms with van der Waals surface area (Å²) >= 11 is 1.14. The van der Waals surface area contributed by atoms with E-state index in [0.717, 1.165) is 23.5 Å². The average Bonchev–Trinajstić information content (AvgIpc) is 2.90. The summed E-state index contributed by atoms with van der Waals surface area (Å²) < 4.78 is 37.9. The Morgan fingerprint density at radius 3 is 2.76 bits per heavy atom. The molecule has 0 aliphatic carbocycles. The second-order valence-corrected chi connectivity index (χ2v) is 5.02. The lowest BCUT2D eigenvalue weighted by molar-refractivity contribution is -0.137. The van der Waals surface area contributed by atoms with Gasteiger partial charge in [-0.25, -0.2) is 4.79 Å². The number of hydrogen-bond donors (Lipinski definition) is 2. The van der Waals surface area contributed by atoms with Crippen LogP contribution in [-0.4, -0.2) is 16.2 Å². The molecule has 0 fully saturated rings. The van der Waals surface area contributed by atoms with Gasteiger partial charge in [0.1, 0.15) is 5.51 Å². The van der Waals surface area contributed by atoms with Gasteiger partial charge in [-0.1, -0.05) is 23.5 Å². The second kappa shape index (κ2) is 6.08. The molecule has 2 rings (SSSR count). The Labute approximate surface area is 122 Å². The van der Waals surface area contributed by atoms with Crippen molar-refractivity contribution in [3.05, 3.63) is 40.9 Å². The van der Waals surface area contributed by atoms with Crippen molar-refractivity contribution in [2.24, 2.45) is 0 Å². The van der Waals surface area contributed by atoms with Crippen molar-refractivity contribution >= 4 is 22.5 Å². The normalized spacial score (nSPS) is 12.8. The van der Waals surface area contributed by atoms with E-state index in [1.807, 2.05) is 0 Å². The second-order valence-electron chi connectivity index (χ2n) is 4.19. The highest BCUT2D eigenvalue weighted by Gasteiger charge is 2.30. The average molecular weight is 316 g/mol. The summed E-state index contributed by atoms with van der Waals surface area (Å²) in [4.78, 5) is 11.7. The minimum Gasteiger partial charge on any atom is -0.331 e. The molecule has 0 saturated heterocycles. The molecule has 0 aliphatic rings. The van der Waals surface area contributed by atoms with Gasteiger partial charge in [0.2, 0.25) is 5.13 Å². The number of halogens is 3. The molecule has 2 amide bonds. The third-order valence-electron chi connectivity index (χ3n) is 2.64. The highest BCUT2D eigenvalue weighted by molar-refractivity contribution is 7.13. The SMILES string of the molecule is CC(NC(=O)Nc1nncs1)c1cccc(C(F)(F)F)c1. The standard InChI is InChI=1S/C12H11F3N4OS/c1-7(17-10(20)18-11-19-16-6-21-11)8-3-2-4-9(5-8)12(13,14)15/h2-7H,1H3,(H2,17,18,19,20). The molecule has 1 heterocycles. The zero-order valence-corrected chi connectivity index (χ0v) is 11.6. The number of benzene rings is 1. The van der Waals surface area contributed by atoms with Crippen molar-refractivity contribution in [1.29, 1.82) is 0 Å². The first-order valence-electron chi connectivity index (χ1n) is 5.87. The summed E-state index contributed by atoms with van der Waals surface area (Å²) in [7, 11) is 0. The molecule has 21 heavy (non-hydrogen) atoms. The number of alkyl halides is 3. The smallest absolute Gasteiger partial charge is 0.331 e. The maximum absolute atomic E-state index is 12.6. The van der Waals surface area contributed by atoms with Crippen molar-refractivity contribution in [1.82, 2.24) is 15.5 Å². The van der Waals surface area contributed by atoms with Crippen LogP contribution in [0, 0.1) is 0 Å². The Bertz CT molecular complexity index is 615. The minimum absolute atomic E-state index is 0.309. The summed E-state index contributed by atoms with van der Waals surface area (Å²) in [5.74, 6) is 0. The maximum atomic E-state index is 12.6. The summed E-state index contributed by atoms with van der Waals surface area (Å²) in [6.07, 6.45) is -4.41. The summed E-state index contributed by atoms with van der Waals surface area (Å²) in [6, 6.07) is 3.68. The Kier molecular flexibility index (Phi) is 4.41. The number of hydrogen-bond acceptors (Lipinski definition) is 4. The first-order chi connectivity index (χ1) is 9.86. The molecule has 112 valence electrons. The summed E-state index contributed by atoms with van der Waals surface area (Å²) in [5, 5.41) is 12.5. The van der Waals surface area contributed by atoms with Crippen LogP contribution < -0.4 is 10.6 Å². The van der Waals surface area contributed by atoms with Gasteiger partial charge < -0.3 is 5.32 Å². The monoisotopic (exact) mass is 316 g/mol. The third-order valence-corrected chi connectivity index (χ3v) is 3.25. The molecular weight excluding hydrogens is 305 g/mol. The number of rotatable bonds is 3. The molecular formula is C12H11F3N4OS. The van der Waals surface area contributed by atoms with Crippen molar-refractivity contribution in [2.45, 2.75) is 19.1 Å². The molecule has 1 atom stereocenters. The predicted molar refractivity (Wildman–Crippen MR) is 71.9 cm³/mol. The van der Waals surface area contributed by atoms with Crippen LogP contribution in [0.25, 0.3) is 0 Å². The van der Waals surface area contributed by atoms with Crippen LogP contribution in [0.4, 0.5) is 23.1 Å². The molecule has 1 aromatic heterocycles.